The minimum absolute atomic E-state index is 0.0349. The quantitative estimate of drug-likeness (QED) is 0.753. The van der Waals surface area contributed by atoms with Gasteiger partial charge in [0.15, 0.2) is 0 Å². The third kappa shape index (κ3) is 2.64. The minimum atomic E-state index is -0.390. The van der Waals surface area contributed by atoms with E-state index in [1.165, 1.54) is 10.6 Å². The zero-order valence-corrected chi connectivity index (χ0v) is 13.4. The van der Waals surface area contributed by atoms with Crippen LogP contribution in [0.4, 0.5) is 0 Å². The van der Waals surface area contributed by atoms with E-state index in [4.69, 9.17) is 11.6 Å². The Bertz CT molecular complexity index is 947. The number of benzene rings is 2. The Hall–Kier alpha value is -2.53. The molecule has 3 rings (SSSR count). The SMILES string of the molecule is CC(C)c1nc2cc(O)cc(O)c2c(=O)n1-c1ccc(Cl)cc1. The molecule has 23 heavy (non-hydrogen) atoms. The van der Waals surface area contributed by atoms with E-state index >= 15 is 0 Å². The molecular weight excluding hydrogens is 316 g/mol. The number of phenols is 2. The first-order chi connectivity index (χ1) is 10.9. The molecule has 2 N–H and O–H groups in total. The van der Waals surface area contributed by atoms with E-state index in [1.54, 1.807) is 24.3 Å². The number of rotatable bonds is 2. The fourth-order valence-electron chi connectivity index (χ4n) is 2.52. The molecule has 0 aliphatic heterocycles. The molecule has 118 valence electrons. The lowest BCUT2D eigenvalue weighted by atomic mass is 10.1. The van der Waals surface area contributed by atoms with E-state index in [2.05, 4.69) is 4.98 Å². The molecule has 0 aliphatic rings. The van der Waals surface area contributed by atoms with E-state index in [0.29, 0.717) is 16.5 Å². The Kier molecular flexibility index (Phi) is 3.74. The van der Waals surface area contributed by atoms with E-state index in [-0.39, 0.29) is 28.3 Å². The van der Waals surface area contributed by atoms with Crippen LogP contribution in [0.2, 0.25) is 5.02 Å². The highest BCUT2D eigenvalue weighted by Crippen LogP contribution is 2.28. The van der Waals surface area contributed by atoms with Crippen LogP contribution in [0, 0.1) is 0 Å². The predicted octanol–water partition coefficient (Wildman–Crippen LogP) is 3.57. The summed E-state index contributed by atoms with van der Waals surface area (Å²) in [6.07, 6.45) is 0. The molecule has 0 radical (unpaired) electrons. The van der Waals surface area contributed by atoms with Crippen LogP contribution >= 0.6 is 11.6 Å². The fraction of sp³-hybridized carbons (Fsp3) is 0.176. The molecule has 0 amide bonds. The molecule has 0 atom stereocenters. The number of hydrogen-bond acceptors (Lipinski definition) is 4. The van der Waals surface area contributed by atoms with Crippen LogP contribution in [0.1, 0.15) is 25.6 Å². The van der Waals surface area contributed by atoms with Gasteiger partial charge in [-0.15, -0.1) is 0 Å². The second kappa shape index (κ2) is 5.59. The number of fused-ring (bicyclic) bond motifs is 1. The summed E-state index contributed by atoms with van der Waals surface area (Å²) >= 11 is 5.91. The largest absolute Gasteiger partial charge is 0.508 e. The van der Waals surface area contributed by atoms with E-state index < -0.39 is 5.56 Å². The zero-order chi connectivity index (χ0) is 16.7. The Labute approximate surface area is 137 Å². The topological polar surface area (TPSA) is 75.4 Å². The highest BCUT2D eigenvalue weighted by atomic mass is 35.5. The van der Waals surface area contributed by atoms with Crippen molar-refractivity contribution < 1.29 is 10.2 Å². The molecule has 0 bridgehead atoms. The number of hydrogen-bond donors (Lipinski definition) is 2. The predicted molar refractivity (Wildman–Crippen MR) is 89.8 cm³/mol. The molecule has 0 spiro atoms. The third-order valence-corrected chi connectivity index (χ3v) is 3.82. The Morgan fingerprint density at radius 1 is 1.13 bits per heavy atom. The molecule has 0 fully saturated rings. The number of nitrogens with zero attached hydrogens (tertiary/aromatic N) is 2. The van der Waals surface area contributed by atoms with E-state index in [1.807, 2.05) is 13.8 Å². The second-order valence-electron chi connectivity index (χ2n) is 5.60. The van der Waals surface area contributed by atoms with Crippen molar-refractivity contribution in [2.45, 2.75) is 19.8 Å². The van der Waals surface area contributed by atoms with Crippen LogP contribution in [0.25, 0.3) is 16.6 Å². The van der Waals surface area contributed by atoms with Gasteiger partial charge in [-0.3, -0.25) is 9.36 Å². The normalized spacial score (nSPS) is 11.3. The maximum Gasteiger partial charge on any atom is 0.269 e. The third-order valence-electron chi connectivity index (χ3n) is 3.56. The molecule has 5 nitrogen and oxygen atoms in total. The molecule has 0 unspecified atom stereocenters. The summed E-state index contributed by atoms with van der Waals surface area (Å²) in [7, 11) is 0. The molecule has 0 aliphatic carbocycles. The number of aromatic nitrogens is 2. The standard InChI is InChI=1S/C17H15ClN2O3/c1-9(2)16-19-13-7-12(21)8-14(22)15(13)17(23)20(16)11-5-3-10(18)4-6-11/h3-9,21-22H,1-2H3. The van der Waals surface area contributed by atoms with E-state index in [9.17, 15) is 15.0 Å². The van der Waals surface area contributed by atoms with Crippen molar-refractivity contribution in [3.63, 3.8) is 0 Å². The Morgan fingerprint density at radius 3 is 2.39 bits per heavy atom. The van der Waals surface area contributed by atoms with Crippen molar-refractivity contribution in [3.8, 4) is 17.2 Å². The van der Waals surface area contributed by atoms with Gasteiger partial charge in [-0.25, -0.2) is 4.98 Å². The second-order valence-corrected chi connectivity index (χ2v) is 6.04. The van der Waals surface area contributed by atoms with Crippen molar-refractivity contribution in [3.05, 3.63) is 57.6 Å². The molecular formula is C17H15ClN2O3. The van der Waals surface area contributed by atoms with Crippen molar-refractivity contribution in [1.29, 1.82) is 0 Å². The summed E-state index contributed by atoms with van der Waals surface area (Å²) in [6.45, 7) is 3.84. The Balaban J connectivity index is 2.44. The molecule has 1 heterocycles. The van der Waals surface area contributed by atoms with Gasteiger partial charge >= 0.3 is 0 Å². The lowest BCUT2D eigenvalue weighted by molar-refractivity contribution is 0.454. The van der Waals surface area contributed by atoms with Crippen LogP contribution in [0.5, 0.6) is 11.5 Å². The molecule has 0 saturated heterocycles. The maximum absolute atomic E-state index is 12.9. The van der Waals surface area contributed by atoms with Crippen molar-refractivity contribution in [2.75, 3.05) is 0 Å². The first kappa shape index (κ1) is 15.4. The van der Waals surface area contributed by atoms with Gasteiger partial charge in [0.2, 0.25) is 0 Å². The van der Waals surface area contributed by atoms with Crippen molar-refractivity contribution in [1.82, 2.24) is 9.55 Å². The van der Waals surface area contributed by atoms with Crippen LogP contribution in [-0.2, 0) is 0 Å². The first-order valence-electron chi connectivity index (χ1n) is 7.13. The average Bonchev–Trinajstić information content (AvgIpc) is 2.47. The van der Waals surface area contributed by atoms with E-state index in [0.717, 1.165) is 6.07 Å². The van der Waals surface area contributed by atoms with Gasteiger partial charge in [-0.05, 0) is 24.3 Å². The molecule has 0 saturated carbocycles. The van der Waals surface area contributed by atoms with Gasteiger partial charge in [0.1, 0.15) is 22.7 Å². The van der Waals surface area contributed by atoms with Gasteiger partial charge in [0.05, 0.1) is 11.2 Å². The maximum atomic E-state index is 12.9. The zero-order valence-electron chi connectivity index (χ0n) is 12.6. The van der Waals surface area contributed by atoms with Crippen molar-refractivity contribution >= 4 is 22.5 Å². The van der Waals surface area contributed by atoms with Crippen molar-refractivity contribution in [2.24, 2.45) is 0 Å². The van der Waals surface area contributed by atoms with Crippen LogP contribution in [0.15, 0.2) is 41.2 Å². The smallest absolute Gasteiger partial charge is 0.269 e. The molecule has 6 heteroatoms. The molecule has 3 aromatic rings. The highest BCUT2D eigenvalue weighted by Gasteiger charge is 2.18. The average molecular weight is 331 g/mol. The number of aromatic hydroxyl groups is 2. The number of halogens is 1. The Morgan fingerprint density at radius 2 is 1.78 bits per heavy atom. The lowest BCUT2D eigenvalue weighted by Gasteiger charge is -2.16. The summed E-state index contributed by atoms with van der Waals surface area (Å²) in [4.78, 5) is 17.4. The van der Waals surface area contributed by atoms with Crippen LogP contribution in [0.3, 0.4) is 0 Å². The van der Waals surface area contributed by atoms with Gasteiger partial charge in [-0.1, -0.05) is 25.4 Å². The van der Waals surface area contributed by atoms with Crippen LogP contribution < -0.4 is 5.56 Å². The van der Waals surface area contributed by atoms with Gasteiger partial charge in [0, 0.05) is 23.1 Å². The monoisotopic (exact) mass is 330 g/mol. The van der Waals surface area contributed by atoms with Gasteiger partial charge < -0.3 is 10.2 Å². The number of phenolic OH excluding ortho intramolecular Hbond substituents is 2. The lowest BCUT2D eigenvalue weighted by Crippen LogP contribution is -2.24. The summed E-state index contributed by atoms with van der Waals surface area (Å²) < 4.78 is 1.46. The highest BCUT2D eigenvalue weighted by molar-refractivity contribution is 6.30. The van der Waals surface area contributed by atoms with Gasteiger partial charge in [-0.2, -0.15) is 0 Å². The van der Waals surface area contributed by atoms with Gasteiger partial charge in [0.25, 0.3) is 5.56 Å². The molecule has 1 aromatic heterocycles. The summed E-state index contributed by atoms with van der Waals surface area (Å²) in [5, 5.41) is 20.3. The summed E-state index contributed by atoms with van der Waals surface area (Å²) in [5.74, 6) is 0.0680. The first-order valence-corrected chi connectivity index (χ1v) is 7.51. The summed E-state index contributed by atoms with van der Waals surface area (Å²) in [6, 6.07) is 9.32. The van der Waals surface area contributed by atoms with Crippen LogP contribution in [-0.4, -0.2) is 19.8 Å². The fourth-order valence-corrected chi connectivity index (χ4v) is 2.65. The summed E-state index contributed by atoms with van der Waals surface area (Å²) in [5.41, 5.74) is 0.491. The minimum Gasteiger partial charge on any atom is -0.508 e. The molecule has 2 aromatic carbocycles.